The smallest absolute Gasteiger partial charge is 0.309 e. The van der Waals surface area contributed by atoms with Crippen molar-refractivity contribution in [3.05, 3.63) is 52.0 Å². The fourth-order valence-electron chi connectivity index (χ4n) is 5.74. The van der Waals surface area contributed by atoms with Crippen molar-refractivity contribution in [3.8, 4) is 5.75 Å². The van der Waals surface area contributed by atoms with Crippen LogP contribution in [0.4, 0.5) is 0 Å². The van der Waals surface area contributed by atoms with E-state index < -0.39 is 35.6 Å². The molecule has 0 saturated carbocycles. The monoisotopic (exact) mass is 599 g/mol. The summed E-state index contributed by atoms with van der Waals surface area (Å²) in [4.78, 5) is 31.1. The van der Waals surface area contributed by atoms with E-state index in [1.807, 2.05) is 55.6 Å². The number of thiazole rings is 1. The Morgan fingerprint density at radius 3 is 2.60 bits per heavy atom. The molecule has 1 aromatic heterocycles. The van der Waals surface area contributed by atoms with Crippen molar-refractivity contribution in [2.75, 3.05) is 0 Å². The molecule has 0 spiro atoms. The molecule has 2 fully saturated rings. The van der Waals surface area contributed by atoms with E-state index in [1.165, 1.54) is 11.3 Å². The van der Waals surface area contributed by atoms with Crippen LogP contribution in [0.3, 0.4) is 0 Å². The van der Waals surface area contributed by atoms with Crippen LogP contribution in [0.25, 0.3) is 6.08 Å². The zero-order valence-electron chi connectivity index (χ0n) is 25.5. The Morgan fingerprint density at radius 1 is 1.17 bits per heavy atom. The maximum atomic E-state index is 13.3. The van der Waals surface area contributed by atoms with Gasteiger partial charge in [0, 0.05) is 17.7 Å². The van der Waals surface area contributed by atoms with Crippen molar-refractivity contribution in [1.29, 1.82) is 0 Å². The van der Waals surface area contributed by atoms with Gasteiger partial charge in [0.25, 0.3) is 0 Å². The van der Waals surface area contributed by atoms with E-state index >= 15 is 0 Å². The lowest BCUT2D eigenvalue weighted by atomic mass is 9.73. The number of benzene rings is 1. The second kappa shape index (κ2) is 13.4. The number of hydrogen-bond donors (Lipinski definition) is 2. The average Bonchev–Trinajstić information content (AvgIpc) is 3.36. The lowest BCUT2D eigenvalue weighted by molar-refractivity contribution is -0.154. The third kappa shape index (κ3) is 7.86. The molecule has 0 unspecified atom stereocenters. The number of hydrogen-bond acceptors (Lipinski definition) is 9. The number of epoxide rings is 1. The number of aliphatic hydroxyl groups excluding tert-OH is 2. The van der Waals surface area contributed by atoms with Crippen molar-refractivity contribution in [1.82, 2.24) is 4.98 Å². The van der Waals surface area contributed by atoms with Gasteiger partial charge in [-0.15, -0.1) is 11.3 Å². The van der Waals surface area contributed by atoms with Crippen molar-refractivity contribution in [2.45, 2.75) is 110 Å². The molecule has 4 rings (SSSR count). The molecule has 1 aromatic carbocycles. The number of carbonyl (C=O) groups excluding carboxylic acids is 2. The van der Waals surface area contributed by atoms with Gasteiger partial charge in [-0.25, -0.2) is 4.98 Å². The van der Waals surface area contributed by atoms with Crippen molar-refractivity contribution in [3.63, 3.8) is 0 Å². The van der Waals surface area contributed by atoms with Gasteiger partial charge in [-0.3, -0.25) is 9.59 Å². The van der Waals surface area contributed by atoms with Crippen LogP contribution in [0.1, 0.15) is 84.3 Å². The molecular formula is C33H45NO7S. The highest BCUT2D eigenvalue weighted by atomic mass is 32.1. The molecule has 2 saturated heterocycles. The molecule has 9 heteroatoms. The Morgan fingerprint density at radius 2 is 1.88 bits per heavy atom. The molecule has 2 aliphatic rings. The summed E-state index contributed by atoms with van der Waals surface area (Å²) in [6.45, 7) is 11.2. The van der Waals surface area contributed by atoms with E-state index in [4.69, 9.17) is 14.2 Å². The average molecular weight is 600 g/mol. The minimum atomic E-state index is -1.26. The fraction of sp³-hybridized carbons (Fsp3) is 0.606. The van der Waals surface area contributed by atoms with Crippen molar-refractivity contribution >= 4 is 29.2 Å². The topological polar surface area (TPSA) is 118 Å². The molecule has 0 amide bonds. The zero-order chi connectivity index (χ0) is 30.7. The first-order chi connectivity index (χ1) is 19.8. The normalized spacial score (nSPS) is 33.0. The number of aliphatic hydroxyl groups is 2. The second-order valence-corrected chi connectivity index (χ2v) is 13.7. The molecule has 3 heterocycles. The third-order valence-electron chi connectivity index (χ3n) is 8.97. The Labute approximate surface area is 253 Å². The summed E-state index contributed by atoms with van der Waals surface area (Å²) in [7, 11) is 0. The van der Waals surface area contributed by atoms with Gasteiger partial charge in [-0.1, -0.05) is 52.3 Å². The third-order valence-corrected chi connectivity index (χ3v) is 9.81. The number of fused-ring (bicyclic) bond motifs is 1. The predicted octanol–water partition coefficient (Wildman–Crippen LogP) is 5.75. The molecular weight excluding hydrogens is 554 g/mol. The van der Waals surface area contributed by atoms with Crippen LogP contribution >= 0.6 is 11.3 Å². The number of aromatic nitrogens is 1. The van der Waals surface area contributed by atoms with Crippen molar-refractivity contribution < 1.29 is 34.0 Å². The van der Waals surface area contributed by atoms with Crippen LogP contribution in [0, 0.1) is 17.3 Å². The number of Topliss-reactive ketones (excluding diaryl/α,β-unsaturated/α-hetero) is 1. The minimum absolute atomic E-state index is 0.0843. The molecule has 8 nitrogen and oxygen atoms in total. The first kappa shape index (κ1) is 32.3. The standard InChI is InChI=1S/C33H45NO7S/c1-20-11-10-14-33(6)27(41-33)16-25(40-29(36)17-26(35)32(4,5)31(38)22(3)30(20)37)21(2)15-23-19-42-28(34-23)18-39-24-12-8-7-9-13-24/h7-9,12-13,15,19-20,22,25-27,30,35,37H,10-11,14,16-18H2,1-6H3/t20-,22+,25-,26-,27-,30-,33+/m0/s1. The molecule has 230 valence electrons. The molecule has 0 bridgehead atoms. The van der Waals surface area contributed by atoms with Crippen LogP contribution in [-0.2, 0) is 25.7 Å². The lowest BCUT2D eigenvalue weighted by Crippen LogP contribution is -2.45. The van der Waals surface area contributed by atoms with Gasteiger partial charge in [0.05, 0.1) is 41.4 Å². The number of rotatable bonds is 5. The molecule has 7 atom stereocenters. The summed E-state index contributed by atoms with van der Waals surface area (Å²) in [5, 5.41) is 24.7. The summed E-state index contributed by atoms with van der Waals surface area (Å²) >= 11 is 1.50. The van der Waals surface area contributed by atoms with E-state index in [-0.39, 0.29) is 29.8 Å². The van der Waals surface area contributed by atoms with E-state index in [2.05, 4.69) is 11.9 Å². The van der Waals surface area contributed by atoms with Gasteiger partial charge in [0.2, 0.25) is 0 Å². The zero-order valence-corrected chi connectivity index (χ0v) is 26.4. The van der Waals surface area contributed by atoms with Gasteiger partial charge in [-0.2, -0.15) is 0 Å². The van der Waals surface area contributed by atoms with Gasteiger partial charge >= 0.3 is 5.97 Å². The highest BCUT2D eigenvalue weighted by Crippen LogP contribution is 2.45. The number of esters is 1. The van der Waals surface area contributed by atoms with Crippen LogP contribution < -0.4 is 4.74 Å². The summed E-state index contributed by atoms with van der Waals surface area (Å²) in [6, 6.07) is 9.57. The maximum absolute atomic E-state index is 13.3. The first-order valence-corrected chi connectivity index (χ1v) is 15.8. The maximum Gasteiger partial charge on any atom is 0.309 e. The molecule has 2 aromatic rings. The molecule has 2 N–H and O–H groups in total. The largest absolute Gasteiger partial charge is 0.486 e. The van der Waals surface area contributed by atoms with Gasteiger partial charge in [0.15, 0.2) is 0 Å². The highest BCUT2D eigenvalue weighted by Gasteiger charge is 2.53. The van der Waals surface area contributed by atoms with E-state index in [9.17, 15) is 19.8 Å². The number of ether oxygens (including phenoxy) is 3. The van der Waals surface area contributed by atoms with Crippen LogP contribution in [0.2, 0.25) is 0 Å². The first-order valence-electron chi connectivity index (χ1n) is 14.9. The van der Waals surface area contributed by atoms with E-state index in [0.29, 0.717) is 13.0 Å². The van der Waals surface area contributed by atoms with Crippen LogP contribution in [0.15, 0.2) is 41.3 Å². The second-order valence-electron chi connectivity index (χ2n) is 12.7. The summed E-state index contributed by atoms with van der Waals surface area (Å²) in [5.41, 5.74) is 0.00431. The van der Waals surface area contributed by atoms with Crippen LogP contribution in [0.5, 0.6) is 5.75 Å². The minimum Gasteiger partial charge on any atom is -0.486 e. The predicted molar refractivity (Wildman–Crippen MR) is 162 cm³/mol. The Bertz CT molecular complexity index is 1260. The Balaban J connectivity index is 1.51. The van der Waals surface area contributed by atoms with Crippen molar-refractivity contribution in [2.24, 2.45) is 17.3 Å². The number of nitrogens with zero attached hydrogens (tertiary/aromatic N) is 1. The number of ketones is 1. The van der Waals surface area contributed by atoms with E-state index in [1.54, 1.807) is 20.8 Å². The quantitative estimate of drug-likeness (QED) is 0.330. The summed E-state index contributed by atoms with van der Waals surface area (Å²) in [6.07, 6.45) is 1.71. The fourth-order valence-corrected chi connectivity index (χ4v) is 6.40. The lowest BCUT2D eigenvalue weighted by Gasteiger charge is -2.34. The molecule has 42 heavy (non-hydrogen) atoms. The number of carbonyl (C=O) groups is 2. The molecule has 0 aliphatic carbocycles. The number of para-hydroxylation sites is 1. The summed E-state index contributed by atoms with van der Waals surface area (Å²) < 4.78 is 17.9. The van der Waals surface area contributed by atoms with Gasteiger partial charge < -0.3 is 24.4 Å². The number of cyclic esters (lactones) is 1. The molecule has 2 aliphatic heterocycles. The van der Waals surface area contributed by atoms with Crippen LogP contribution in [-0.4, -0.2) is 57.0 Å². The highest BCUT2D eigenvalue weighted by molar-refractivity contribution is 7.09. The Kier molecular flexibility index (Phi) is 10.3. The van der Waals surface area contributed by atoms with Gasteiger partial charge in [0.1, 0.15) is 29.3 Å². The summed E-state index contributed by atoms with van der Waals surface area (Å²) in [5.74, 6) is -0.844. The van der Waals surface area contributed by atoms with E-state index in [0.717, 1.165) is 41.3 Å². The molecule has 0 radical (unpaired) electrons. The Hall–Kier alpha value is -2.59. The SMILES string of the molecule is CC(=Cc1csc(COc2ccccc2)n1)[C@@H]1C[C@@H]2O[C@]2(C)CCC[C@H](C)[C@H](O)[C@@H](C)C(=O)C(C)(C)[C@@H](O)CC(=O)O1. The van der Waals surface area contributed by atoms with Gasteiger partial charge in [-0.05, 0) is 56.4 Å².